The van der Waals surface area contributed by atoms with Gasteiger partial charge in [0.05, 0.1) is 0 Å². The molecule has 0 heteroatoms. The largest absolute Gasteiger partial charge is 0.0628 e. The zero-order valence-corrected chi connectivity index (χ0v) is 10.6. The highest BCUT2D eigenvalue weighted by atomic mass is 14.3. The minimum atomic E-state index is 0.828. The summed E-state index contributed by atoms with van der Waals surface area (Å²) < 4.78 is 0. The second-order valence-corrected chi connectivity index (χ2v) is 5.67. The lowest BCUT2D eigenvalue weighted by molar-refractivity contribution is 0.177. The molecule has 1 atom stereocenters. The highest BCUT2D eigenvalue weighted by Gasteiger charge is 2.24. The molecule has 0 fully saturated rings. The first kappa shape index (κ1) is 13.0. The molecule has 1 unspecified atom stereocenters. The minimum absolute atomic E-state index is 0.828. The SMILES string of the molecule is CC(C)CC(C)C(C(C)C)C(C)C. The molecule has 0 saturated heterocycles. The number of hydrogen-bond donors (Lipinski definition) is 0. The number of hydrogen-bond acceptors (Lipinski definition) is 0. The van der Waals surface area contributed by atoms with Crippen LogP contribution < -0.4 is 0 Å². The Morgan fingerprint density at radius 2 is 1.08 bits per heavy atom. The molecule has 0 amide bonds. The predicted octanol–water partition coefficient (Wildman–Crippen LogP) is 4.60. The maximum absolute atomic E-state index is 2.42. The molecule has 0 aliphatic heterocycles. The van der Waals surface area contributed by atoms with Crippen LogP contribution in [0.25, 0.3) is 0 Å². The fraction of sp³-hybridized carbons (Fsp3) is 1.00. The van der Waals surface area contributed by atoms with Gasteiger partial charge in [0.25, 0.3) is 0 Å². The van der Waals surface area contributed by atoms with Gasteiger partial charge in [-0.25, -0.2) is 0 Å². The summed E-state index contributed by atoms with van der Waals surface area (Å²) in [4.78, 5) is 0. The van der Waals surface area contributed by atoms with Crippen molar-refractivity contribution in [1.82, 2.24) is 0 Å². The second-order valence-electron chi connectivity index (χ2n) is 5.67. The monoisotopic (exact) mass is 184 g/mol. The van der Waals surface area contributed by atoms with Gasteiger partial charge in [-0.3, -0.25) is 0 Å². The molecule has 0 bridgehead atoms. The van der Waals surface area contributed by atoms with Gasteiger partial charge in [-0.2, -0.15) is 0 Å². The standard InChI is InChI=1S/C13H28/c1-9(2)8-12(7)13(10(3)4)11(5)6/h9-13H,8H2,1-7H3. The average Bonchev–Trinajstić information content (AvgIpc) is 1.81. The molecule has 80 valence electrons. The van der Waals surface area contributed by atoms with Crippen molar-refractivity contribution >= 4 is 0 Å². The molecule has 0 N–H and O–H groups in total. The first-order valence-corrected chi connectivity index (χ1v) is 5.86. The first-order valence-electron chi connectivity index (χ1n) is 5.86. The summed E-state index contributed by atoms with van der Waals surface area (Å²) in [6, 6.07) is 0. The van der Waals surface area contributed by atoms with Crippen molar-refractivity contribution < 1.29 is 0 Å². The molecule has 0 aromatic heterocycles. The Balaban J connectivity index is 4.20. The van der Waals surface area contributed by atoms with Crippen LogP contribution in [0.3, 0.4) is 0 Å². The van der Waals surface area contributed by atoms with Crippen molar-refractivity contribution in [3.05, 3.63) is 0 Å². The molecule has 0 aromatic carbocycles. The average molecular weight is 184 g/mol. The third kappa shape index (κ3) is 4.69. The smallest absolute Gasteiger partial charge is 0.0342 e. The van der Waals surface area contributed by atoms with E-state index >= 15 is 0 Å². The van der Waals surface area contributed by atoms with Crippen LogP contribution in [0.2, 0.25) is 0 Å². The van der Waals surface area contributed by atoms with Crippen LogP contribution in [0.15, 0.2) is 0 Å². The Morgan fingerprint density at radius 1 is 0.692 bits per heavy atom. The third-order valence-electron chi connectivity index (χ3n) is 3.04. The minimum Gasteiger partial charge on any atom is -0.0628 e. The van der Waals surface area contributed by atoms with E-state index in [1.54, 1.807) is 0 Å². The molecule has 0 spiro atoms. The van der Waals surface area contributed by atoms with Crippen molar-refractivity contribution in [3.63, 3.8) is 0 Å². The lowest BCUT2D eigenvalue weighted by atomic mass is 9.74. The third-order valence-corrected chi connectivity index (χ3v) is 3.04. The Bertz CT molecular complexity index is 114. The van der Waals surface area contributed by atoms with E-state index in [0.29, 0.717) is 0 Å². The van der Waals surface area contributed by atoms with Gasteiger partial charge < -0.3 is 0 Å². The van der Waals surface area contributed by atoms with Gasteiger partial charge in [0.15, 0.2) is 0 Å². The molecular weight excluding hydrogens is 156 g/mol. The zero-order valence-electron chi connectivity index (χ0n) is 10.6. The van der Waals surface area contributed by atoms with Crippen LogP contribution in [-0.4, -0.2) is 0 Å². The van der Waals surface area contributed by atoms with Crippen LogP contribution in [0.5, 0.6) is 0 Å². The molecule has 0 aromatic rings. The fourth-order valence-corrected chi connectivity index (χ4v) is 2.98. The van der Waals surface area contributed by atoms with Gasteiger partial charge in [0.2, 0.25) is 0 Å². The van der Waals surface area contributed by atoms with Crippen molar-refractivity contribution in [3.8, 4) is 0 Å². The molecule has 0 rings (SSSR count). The van der Waals surface area contributed by atoms with Crippen LogP contribution >= 0.6 is 0 Å². The van der Waals surface area contributed by atoms with Crippen LogP contribution in [0.1, 0.15) is 54.9 Å². The lowest BCUT2D eigenvalue weighted by Crippen LogP contribution is -2.24. The van der Waals surface area contributed by atoms with E-state index in [9.17, 15) is 0 Å². The molecule has 0 aliphatic rings. The van der Waals surface area contributed by atoms with Gasteiger partial charge in [-0.05, 0) is 36.0 Å². The van der Waals surface area contributed by atoms with E-state index in [0.717, 1.165) is 29.6 Å². The maximum atomic E-state index is 2.42. The zero-order chi connectivity index (χ0) is 10.6. The van der Waals surface area contributed by atoms with E-state index in [1.165, 1.54) is 6.42 Å². The van der Waals surface area contributed by atoms with Gasteiger partial charge in [0.1, 0.15) is 0 Å². The molecule has 0 saturated carbocycles. The van der Waals surface area contributed by atoms with Gasteiger partial charge in [-0.1, -0.05) is 48.5 Å². The van der Waals surface area contributed by atoms with E-state index in [2.05, 4.69) is 48.5 Å². The summed E-state index contributed by atoms with van der Waals surface area (Å²) in [6.45, 7) is 16.5. The Hall–Kier alpha value is 0. The van der Waals surface area contributed by atoms with E-state index in [4.69, 9.17) is 0 Å². The topological polar surface area (TPSA) is 0 Å². The van der Waals surface area contributed by atoms with Crippen LogP contribution in [0, 0.1) is 29.6 Å². The molecule has 0 heterocycles. The molecule has 0 nitrogen and oxygen atoms in total. The van der Waals surface area contributed by atoms with E-state index in [-0.39, 0.29) is 0 Å². The lowest BCUT2D eigenvalue weighted by Gasteiger charge is -2.32. The summed E-state index contributed by atoms with van der Waals surface area (Å²) in [5.41, 5.74) is 0. The Labute approximate surface area is 85.1 Å². The normalized spacial score (nSPS) is 15.0. The van der Waals surface area contributed by atoms with Crippen molar-refractivity contribution in [2.75, 3.05) is 0 Å². The van der Waals surface area contributed by atoms with Crippen molar-refractivity contribution in [1.29, 1.82) is 0 Å². The summed E-state index contributed by atoms with van der Waals surface area (Å²) in [7, 11) is 0. The first-order chi connectivity index (χ1) is 5.86. The second kappa shape index (κ2) is 5.67. The fourth-order valence-electron chi connectivity index (χ4n) is 2.98. The Morgan fingerprint density at radius 3 is 1.31 bits per heavy atom. The summed E-state index contributed by atoms with van der Waals surface area (Å²) in [6.07, 6.45) is 1.38. The quantitative estimate of drug-likeness (QED) is 0.586. The summed E-state index contributed by atoms with van der Waals surface area (Å²) >= 11 is 0. The number of rotatable bonds is 5. The maximum Gasteiger partial charge on any atom is -0.0342 e. The summed E-state index contributed by atoms with van der Waals surface area (Å²) in [5, 5.41) is 0. The van der Waals surface area contributed by atoms with Crippen LogP contribution in [0.4, 0.5) is 0 Å². The van der Waals surface area contributed by atoms with Crippen LogP contribution in [-0.2, 0) is 0 Å². The highest BCUT2D eigenvalue weighted by molar-refractivity contribution is 4.73. The molecular formula is C13H28. The van der Waals surface area contributed by atoms with E-state index in [1.807, 2.05) is 0 Å². The summed E-state index contributed by atoms with van der Waals surface area (Å²) in [5.74, 6) is 4.26. The Kier molecular flexibility index (Phi) is 5.67. The highest BCUT2D eigenvalue weighted by Crippen LogP contribution is 2.32. The van der Waals surface area contributed by atoms with Gasteiger partial charge >= 0.3 is 0 Å². The molecule has 0 aliphatic carbocycles. The van der Waals surface area contributed by atoms with Crippen molar-refractivity contribution in [2.45, 2.75) is 54.9 Å². The van der Waals surface area contributed by atoms with Gasteiger partial charge in [-0.15, -0.1) is 0 Å². The predicted molar refractivity (Wildman–Crippen MR) is 61.8 cm³/mol. The van der Waals surface area contributed by atoms with Gasteiger partial charge in [0, 0.05) is 0 Å². The van der Waals surface area contributed by atoms with E-state index < -0.39 is 0 Å². The van der Waals surface area contributed by atoms with Crippen molar-refractivity contribution in [2.24, 2.45) is 29.6 Å². The molecule has 0 radical (unpaired) electrons. The molecule has 13 heavy (non-hydrogen) atoms.